The molecule has 0 fully saturated rings. The van der Waals surface area contributed by atoms with E-state index in [1.807, 2.05) is 49.4 Å². The van der Waals surface area contributed by atoms with Crippen LogP contribution in [0.1, 0.15) is 21.6 Å². The highest BCUT2D eigenvalue weighted by atomic mass is 19.1. The summed E-state index contributed by atoms with van der Waals surface area (Å²) in [7, 11) is 3.17. The molecule has 1 heterocycles. The topological polar surface area (TPSA) is 65.4 Å². The van der Waals surface area contributed by atoms with Gasteiger partial charge in [0.2, 0.25) is 0 Å². The normalized spacial score (nSPS) is 10.7. The van der Waals surface area contributed by atoms with Gasteiger partial charge in [-0.25, -0.2) is 9.07 Å². The number of hydrogen-bond acceptors (Lipinski definition) is 4. The molecule has 0 radical (unpaired) electrons. The largest absolute Gasteiger partial charge is 0.493 e. The predicted molar refractivity (Wildman–Crippen MR) is 129 cm³/mol. The van der Waals surface area contributed by atoms with E-state index < -0.39 is 5.82 Å². The number of nitrogens with zero attached hydrogens (tertiary/aromatic N) is 2. The van der Waals surface area contributed by atoms with Crippen LogP contribution in [0.5, 0.6) is 11.5 Å². The fourth-order valence-electron chi connectivity index (χ4n) is 3.67. The minimum Gasteiger partial charge on any atom is -0.493 e. The Morgan fingerprint density at radius 3 is 2.41 bits per heavy atom. The number of hydrogen-bond donors (Lipinski definition) is 1. The molecule has 4 aromatic rings. The molecule has 0 saturated heterocycles. The van der Waals surface area contributed by atoms with Crippen LogP contribution in [0.4, 0.5) is 4.39 Å². The van der Waals surface area contributed by atoms with Crippen molar-refractivity contribution in [2.75, 3.05) is 20.8 Å². The zero-order valence-electron chi connectivity index (χ0n) is 19.3. The molecule has 174 valence electrons. The Morgan fingerprint density at radius 1 is 0.971 bits per heavy atom. The van der Waals surface area contributed by atoms with E-state index in [0.29, 0.717) is 41.4 Å². The van der Waals surface area contributed by atoms with Crippen molar-refractivity contribution < 1.29 is 18.7 Å². The molecule has 1 N–H and O–H groups in total. The second-order valence-electron chi connectivity index (χ2n) is 7.84. The lowest BCUT2D eigenvalue weighted by Crippen LogP contribution is -2.27. The number of carbonyl (C=O) groups is 1. The summed E-state index contributed by atoms with van der Waals surface area (Å²) in [5.74, 6) is 0.601. The summed E-state index contributed by atoms with van der Waals surface area (Å²) < 4.78 is 26.6. The summed E-state index contributed by atoms with van der Waals surface area (Å²) in [4.78, 5) is 13.1. The van der Waals surface area contributed by atoms with Crippen molar-refractivity contribution in [3.8, 4) is 28.4 Å². The summed E-state index contributed by atoms with van der Waals surface area (Å²) >= 11 is 0. The van der Waals surface area contributed by atoms with E-state index in [-0.39, 0.29) is 5.91 Å². The van der Waals surface area contributed by atoms with Crippen LogP contribution in [0.3, 0.4) is 0 Å². The van der Waals surface area contributed by atoms with Gasteiger partial charge in [0.15, 0.2) is 11.5 Å². The number of carbonyl (C=O) groups excluding carboxylic acids is 1. The van der Waals surface area contributed by atoms with Crippen LogP contribution in [0.15, 0.2) is 72.8 Å². The maximum atomic E-state index is 14.4. The van der Waals surface area contributed by atoms with E-state index in [1.54, 1.807) is 43.2 Å². The first-order chi connectivity index (χ1) is 16.5. The van der Waals surface area contributed by atoms with E-state index in [4.69, 9.17) is 9.47 Å². The Kier molecular flexibility index (Phi) is 6.92. The summed E-state index contributed by atoms with van der Waals surface area (Å²) in [6.45, 7) is 2.39. The maximum Gasteiger partial charge on any atom is 0.270 e. The SMILES string of the molecule is COc1ccc(CCNC(=O)c2cc(-c3ccccc3F)nn2-c2ccc(C)cc2)cc1OC. The first-order valence-corrected chi connectivity index (χ1v) is 10.9. The lowest BCUT2D eigenvalue weighted by atomic mass is 10.1. The van der Waals surface area contributed by atoms with Gasteiger partial charge in [0.25, 0.3) is 5.91 Å². The minimum absolute atomic E-state index is 0.295. The number of aromatic nitrogens is 2. The fraction of sp³-hybridized carbons (Fsp3) is 0.185. The predicted octanol–water partition coefficient (Wildman–Crippen LogP) is 4.98. The Morgan fingerprint density at radius 2 is 1.71 bits per heavy atom. The van der Waals surface area contributed by atoms with Gasteiger partial charge >= 0.3 is 0 Å². The van der Waals surface area contributed by atoms with Crippen LogP contribution < -0.4 is 14.8 Å². The van der Waals surface area contributed by atoms with E-state index in [1.165, 1.54) is 6.07 Å². The highest BCUT2D eigenvalue weighted by molar-refractivity contribution is 5.94. The summed E-state index contributed by atoms with van der Waals surface area (Å²) in [6.07, 6.45) is 0.602. The van der Waals surface area contributed by atoms with Crippen LogP contribution in [0, 0.1) is 12.7 Å². The number of aryl methyl sites for hydroxylation is 1. The smallest absolute Gasteiger partial charge is 0.270 e. The second-order valence-corrected chi connectivity index (χ2v) is 7.84. The zero-order chi connectivity index (χ0) is 24.1. The third kappa shape index (κ3) is 4.93. The monoisotopic (exact) mass is 459 g/mol. The van der Waals surface area contributed by atoms with Crippen molar-refractivity contribution in [2.45, 2.75) is 13.3 Å². The van der Waals surface area contributed by atoms with Gasteiger partial charge in [-0.1, -0.05) is 35.9 Å². The van der Waals surface area contributed by atoms with Crippen molar-refractivity contribution in [1.82, 2.24) is 15.1 Å². The first kappa shape index (κ1) is 23.0. The Bertz CT molecular complexity index is 1300. The van der Waals surface area contributed by atoms with Gasteiger partial charge < -0.3 is 14.8 Å². The first-order valence-electron chi connectivity index (χ1n) is 10.9. The molecule has 0 spiro atoms. The molecular formula is C27H26FN3O3. The van der Waals surface area contributed by atoms with E-state index in [9.17, 15) is 9.18 Å². The van der Waals surface area contributed by atoms with E-state index >= 15 is 0 Å². The van der Waals surface area contributed by atoms with Gasteiger partial charge in [-0.3, -0.25) is 4.79 Å². The highest BCUT2D eigenvalue weighted by Gasteiger charge is 2.19. The molecule has 0 aliphatic carbocycles. The van der Waals surface area contributed by atoms with Gasteiger partial charge in [-0.2, -0.15) is 5.10 Å². The van der Waals surface area contributed by atoms with Crippen molar-refractivity contribution >= 4 is 5.91 Å². The average Bonchev–Trinajstić information content (AvgIpc) is 3.30. The van der Waals surface area contributed by atoms with Gasteiger partial charge in [0.05, 0.1) is 25.6 Å². The third-order valence-electron chi connectivity index (χ3n) is 5.52. The molecule has 6 nitrogen and oxygen atoms in total. The molecule has 0 unspecified atom stereocenters. The van der Waals surface area contributed by atoms with Crippen molar-refractivity contribution in [2.24, 2.45) is 0 Å². The van der Waals surface area contributed by atoms with E-state index in [2.05, 4.69) is 10.4 Å². The lowest BCUT2D eigenvalue weighted by Gasteiger charge is -2.11. The number of methoxy groups -OCH3 is 2. The quantitative estimate of drug-likeness (QED) is 0.404. The number of amides is 1. The molecule has 1 aromatic heterocycles. The summed E-state index contributed by atoms with van der Waals surface area (Å²) in [5, 5.41) is 7.50. The molecule has 34 heavy (non-hydrogen) atoms. The van der Waals surface area contributed by atoms with Crippen LogP contribution in [-0.2, 0) is 6.42 Å². The lowest BCUT2D eigenvalue weighted by molar-refractivity contribution is 0.0946. The van der Waals surface area contributed by atoms with Crippen LogP contribution >= 0.6 is 0 Å². The molecule has 7 heteroatoms. The molecule has 0 atom stereocenters. The zero-order valence-corrected chi connectivity index (χ0v) is 19.3. The standard InChI is InChI=1S/C27H26FN3O3/c1-18-8-11-20(12-9-18)31-24(17-23(30-31)21-6-4-5-7-22(21)28)27(32)29-15-14-19-10-13-25(33-2)26(16-19)34-3/h4-13,16-17H,14-15H2,1-3H3,(H,29,32). The summed E-state index contributed by atoms with van der Waals surface area (Å²) in [5.41, 5.74) is 3.87. The number of benzene rings is 3. The fourth-order valence-corrected chi connectivity index (χ4v) is 3.67. The highest BCUT2D eigenvalue weighted by Crippen LogP contribution is 2.28. The Hall–Kier alpha value is -4.13. The number of ether oxygens (including phenoxy) is 2. The Labute approximate surface area is 198 Å². The third-order valence-corrected chi connectivity index (χ3v) is 5.52. The van der Waals surface area contributed by atoms with Crippen LogP contribution in [-0.4, -0.2) is 36.5 Å². The van der Waals surface area contributed by atoms with Gasteiger partial charge in [0.1, 0.15) is 11.5 Å². The minimum atomic E-state index is -0.392. The molecule has 0 saturated carbocycles. The van der Waals surface area contributed by atoms with Gasteiger partial charge in [0, 0.05) is 12.1 Å². The molecule has 3 aromatic carbocycles. The van der Waals surface area contributed by atoms with Crippen molar-refractivity contribution in [3.63, 3.8) is 0 Å². The van der Waals surface area contributed by atoms with Crippen molar-refractivity contribution in [3.05, 3.63) is 95.4 Å². The van der Waals surface area contributed by atoms with Gasteiger partial charge in [-0.15, -0.1) is 0 Å². The number of halogens is 1. The van der Waals surface area contributed by atoms with Crippen LogP contribution in [0.2, 0.25) is 0 Å². The van der Waals surface area contributed by atoms with Crippen LogP contribution in [0.25, 0.3) is 16.9 Å². The molecule has 4 rings (SSSR count). The van der Waals surface area contributed by atoms with Gasteiger partial charge in [-0.05, 0) is 61.4 Å². The second kappa shape index (κ2) is 10.2. The molecule has 0 bridgehead atoms. The number of rotatable bonds is 8. The number of nitrogens with one attached hydrogen (secondary N) is 1. The molecular weight excluding hydrogens is 433 g/mol. The molecule has 0 aliphatic heterocycles. The molecule has 0 aliphatic rings. The Balaban J connectivity index is 1.57. The van der Waals surface area contributed by atoms with Crippen molar-refractivity contribution in [1.29, 1.82) is 0 Å². The van der Waals surface area contributed by atoms with E-state index in [0.717, 1.165) is 16.8 Å². The molecule has 1 amide bonds. The maximum absolute atomic E-state index is 14.4. The average molecular weight is 460 g/mol. The summed E-state index contributed by atoms with van der Waals surface area (Å²) in [6, 6.07) is 21.3.